The third-order valence-corrected chi connectivity index (χ3v) is 7.10. The van der Waals surface area contributed by atoms with Crippen molar-refractivity contribution in [2.75, 3.05) is 0 Å². The standard InChI is InChI=1S/C30H50N2/c1-3-5-6-7-8-9-10-11-12-13-14-15-19-23-30(32-25-24-31-27-32)29(20-4-2)26-28-21-17-16-18-22-28/h16-18,21-22,24-25,27,29-30H,3-15,19-20,23,26H2,1-2H3/p+1. The molecule has 0 spiro atoms. The number of hydrogen-bond donors (Lipinski definition) is 1. The average molecular weight is 440 g/mol. The van der Waals surface area contributed by atoms with Gasteiger partial charge in [-0.05, 0) is 31.2 Å². The summed E-state index contributed by atoms with van der Waals surface area (Å²) in [5.41, 5.74) is 1.48. The zero-order valence-electron chi connectivity index (χ0n) is 21.2. The number of nitrogens with one attached hydrogen (secondary N) is 1. The lowest BCUT2D eigenvalue weighted by molar-refractivity contribution is -0.730. The number of nitrogens with zero attached hydrogens (tertiary/aromatic N) is 1. The molecule has 0 bridgehead atoms. The Morgan fingerprint density at radius 3 is 1.81 bits per heavy atom. The van der Waals surface area contributed by atoms with Crippen molar-refractivity contribution in [2.45, 2.75) is 129 Å². The molecule has 0 saturated heterocycles. The van der Waals surface area contributed by atoms with Gasteiger partial charge in [-0.1, -0.05) is 128 Å². The fourth-order valence-corrected chi connectivity index (χ4v) is 5.23. The van der Waals surface area contributed by atoms with Crippen molar-refractivity contribution >= 4 is 0 Å². The minimum Gasteiger partial charge on any atom is -0.250 e. The molecule has 1 heterocycles. The van der Waals surface area contributed by atoms with Crippen LogP contribution in [-0.4, -0.2) is 4.98 Å². The molecule has 0 aliphatic carbocycles. The van der Waals surface area contributed by atoms with E-state index in [-0.39, 0.29) is 0 Å². The fraction of sp³-hybridized carbons (Fsp3) is 0.700. The largest absolute Gasteiger partial charge is 0.250 e. The number of imidazole rings is 1. The molecule has 2 atom stereocenters. The highest BCUT2D eigenvalue weighted by Crippen LogP contribution is 2.28. The first-order chi connectivity index (χ1) is 15.8. The van der Waals surface area contributed by atoms with E-state index in [1.807, 2.05) is 0 Å². The van der Waals surface area contributed by atoms with Crippen LogP contribution in [0.15, 0.2) is 49.1 Å². The molecule has 1 N–H and O–H groups in total. The maximum absolute atomic E-state index is 3.28. The van der Waals surface area contributed by atoms with Crippen molar-refractivity contribution in [1.29, 1.82) is 0 Å². The molecule has 2 unspecified atom stereocenters. The third kappa shape index (κ3) is 11.3. The summed E-state index contributed by atoms with van der Waals surface area (Å²) in [7, 11) is 0. The van der Waals surface area contributed by atoms with Crippen molar-refractivity contribution < 1.29 is 4.57 Å². The highest BCUT2D eigenvalue weighted by atomic mass is 15.1. The second kappa shape index (κ2) is 17.9. The minimum absolute atomic E-state index is 0.606. The van der Waals surface area contributed by atoms with Crippen LogP contribution in [0.5, 0.6) is 0 Å². The molecule has 0 amide bonds. The van der Waals surface area contributed by atoms with Crippen molar-refractivity contribution in [1.82, 2.24) is 4.98 Å². The first kappa shape index (κ1) is 26.7. The van der Waals surface area contributed by atoms with Gasteiger partial charge in [0.1, 0.15) is 18.4 Å². The molecule has 2 heteroatoms. The maximum Gasteiger partial charge on any atom is 0.241 e. The Hall–Kier alpha value is -1.57. The molecule has 32 heavy (non-hydrogen) atoms. The van der Waals surface area contributed by atoms with Gasteiger partial charge in [-0.3, -0.25) is 4.98 Å². The van der Waals surface area contributed by atoms with Crippen LogP contribution in [0.1, 0.15) is 128 Å². The first-order valence-corrected chi connectivity index (χ1v) is 13.9. The van der Waals surface area contributed by atoms with Gasteiger partial charge in [0.15, 0.2) is 0 Å². The van der Waals surface area contributed by atoms with E-state index in [4.69, 9.17) is 0 Å². The number of rotatable bonds is 20. The topological polar surface area (TPSA) is 19.7 Å². The molecular weight excluding hydrogens is 388 g/mol. The normalized spacial score (nSPS) is 13.3. The van der Waals surface area contributed by atoms with Crippen LogP contribution in [0.4, 0.5) is 0 Å². The summed E-state index contributed by atoms with van der Waals surface area (Å²) in [4.78, 5) is 3.28. The summed E-state index contributed by atoms with van der Waals surface area (Å²) in [6.45, 7) is 4.63. The maximum atomic E-state index is 3.28. The van der Waals surface area contributed by atoms with Gasteiger partial charge in [0.05, 0.1) is 0 Å². The van der Waals surface area contributed by atoms with E-state index in [2.05, 4.69) is 72.5 Å². The van der Waals surface area contributed by atoms with Crippen LogP contribution < -0.4 is 4.57 Å². The number of unbranched alkanes of at least 4 members (excludes halogenated alkanes) is 12. The van der Waals surface area contributed by atoms with E-state index in [0.717, 1.165) is 0 Å². The Morgan fingerprint density at radius 2 is 1.28 bits per heavy atom. The second-order valence-corrected chi connectivity index (χ2v) is 9.90. The number of aromatic amines is 1. The molecule has 1 aromatic heterocycles. The Balaban J connectivity index is 1.66. The van der Waals surface area contributed by atoms with Crippen LogP contribution in [-0.2, 0) is 6.42 Å². The molecule has 0 aliphatic heterocycles. The number of H-pyrrole nitrogens is 1. The van der Waals surface area contributed by atoms with Crippen LogP contribution in [0, 0.1) is 5.92 Å². The first-order valence-electron chi connectivity index (χ1n) is 13.9. The summed E-state index contributed by atoms with van der Waals surface area (Å²) in [6.07, 6.45) is 30.1. The summed E-state index contributed by atoms with van der Waals surface area (Å²) in [5.74, 6) is 0.709. The van der Waals surface area contributed by atoms with Gasteiger partial charge >= 0.3 is 0 Å². The zero-order valence-corrected chi connectivity index (χ0v) is 21.2. The smallest absolute Gasteiger partial charge is 0.241 e. The van der Waals surface area contributed by atoms with E-state index in [9.17, 15) is 0 Å². The van der Waals surface area contributed by atoms with E-state index in [1.165, 1.54) is 115 Å². The van der Waals surface area contributed by atoms with Gasteiger partial charge in [-0.25, -0.2) is 4.57 Å². The molecule has 2 nitrogen and oxygen atoms in total. The van der Waals surface area contributed by atoms with Gasteiger partial charge in [0.25, 0.3) is 0 Å². The molecular formula is C30H51N2+. The third-order valence-electron chi connectivity index (χ3n) is 7.10. The predicted molar refractivity (Wildman–Crippen MR) is 139 cm³/mol. The highest BCUT2D eigenvalue weighted by Gasteiger charge is 2.26. The predicted octanol–water partition coefficient (Wildman–Crippen LogP) is 8.98. The molecule has 1 aromatic carbocycles. The number of aromatic nitrogens is 2. The molecule has 0 aliphatic rings. The lowest BCUT2D eigenvalue weighted by Gasteiger charge is -2.25. The molecule has 0 saturated carbocycles. The SMILES string of the molecule is CCCCCCCCCCCCCCCC(C(CCC)Cc1ccccc1)[n+]1cc[nH]c1. The van der Waals surface area contributed by atoms with E-state index in [1.54, 1.807) is 0 Å². The summed E-state index contributed by atoms with van der Waals surface area (Å²) in [5, 5.41) is 0. The Bertz CT molecular complexity index is 634. The van der Waals surface area contributed by atoms with E-state index in [0.29, 0.717) is 12.0 Å². The average Bonchev–Trinajstić information content (AvgIpc) is 3.34. The van der Waals surface area contributed by atoms with Crippen LogP contribution in [0.2, 0.25) is 0 Å². The molecule has 2 rings (SSSR count). The number of hydrogen-bond acceptors (Lipinski definition) is 0. The summed E-state index contributed by atoms with van der Waals surface area (Å²) in [6, 6.07) is 11.7. The monoisotopic (exact) mass is 439 g/mol. The Morgan fingerprint density at radius 1 is 0.688 bits per heavy atom. The molecule has 0 fully saturated rings. The Labute approximate surface area is 199 Å². The minimum atomic E-state index is 0.606. The van der Waals surface area contributed by atoms with Crippen LogP contribution >= 0.6 is 0 Å². The summed E-state index contributed by atoms with van der Waals surface area (Å²) >= 11 is 0. The van der Waals surface area contributed by atoms with Crippen molar-refractivity contribution in [2.24, 2.45) is 5.92 Å². The van der Waals surface area contributed by atoms with E-state index >= 15 is 0 Å². The van der Waals surface area contributed by atoms with Gasteiger partial charge in [-0.2, -0.15) is 0 Å². The lowest BCUT2D eigenvalue weighted by atomic mass is 9.85. The van der Waals surface area contributed by atoms with E-state index < -0.39 is 0 Å². The second-order valence-electron chi connectivity index (χ2n) is 9.90. The molecule has 180 valence electrons. The van der Waals surface area contributed by atoms with Crippen LogP contribution in [0.25, 0.3) is 0 Å². The highest BCUT2D eigenvalue weighted by molar-refractivity contribution is 5.15. The van der Waals surface area contributed by atoms with Crippen molar-refractivity contribution in [3.05, 3.63) is 54.6 Å². The lowest BCUT2D eigenvalue weighted by Crippen LogP contribution is -2.42. The van der Waals surface area contributed by atoms with Gasteiger partial charge in [-0.15, -0.1) is 0 Å². The molecule has 0 radical (unpaired) electrons. The van der Waals surface area contributed by atoms with Crippen molar-refractivity contribution in [3.8, 4) is 0 Å². The Kier molecular flexibility index (Phi) is 14.9. The van der Waals surface area contributed by atoms with Gasteiger partial charge in [0.2, 0.25) is 6.33 Å². The zero-order chi connectivity index (χ0) is 22.7. The van der Waals surface area contributed by atoms with Crippen LogP contribution in [0.3, 0.4) is 0 Å². The molecule has 2 aromatic rings. The van der Waals surface area contributed by atoms with Crippen molar-refractivity contribution in [3.63, 3.8) is 0 Å². The summed E-state index contributed by atoms with van der Waals surface area (Å²) < 4.78 is 2.45. The van der Waals surface area contributed by atoms with Gasteiger partial charge < -0.3 is 0 Å². The van der Waals surface area contributed by atoms with Gasteiger partial charge in [0, 0.05) is 5.92 Å². The number of benzene rings is 1. The quantitative estimate of drug-likeness (QED) is 0.157. The fourth-order valence-electron chi connectivity index (χ4n) is 5.23.